The van der Waals surface area contributed by atoms with Crippen LogP contribution in [-0.4, -0.2) is 48.9 Å². The van der Waals surface area contributed by atoms with Crippen LogP contribution in [0, 0.1) is 5.92 Å². The first-order valence-corrected chi connectivity index (χ1v) is 12.7. The summed E-state index contributed by atoms with van der Waals surface area (Å²) in [4.78, 5) is 12.3. The highest BCUT2D eigenvalue weighted by Crippen LogP contribution is 2.16. The number of hydrogen-bond acceptors (Lipinski definition) is 6. The third-order valence-corrected chi connectivity index (χ3v) is 6.66. The van der Waals surface area contributed by atoms with E-state index in [0.29, 0.717) is 25.3 Å². The first-order chi connectivity index (χ1) is 14.3. The van der Waals surface area contributed by atoms with E-state index in [-0.39, 0.29) is 10.8 Å². The molecule has 0 aliphatic rings. The number of nitrogens with zero attached hydrogens (tertiary/aromatic N) is 3. The van der Waals surface area contributed by atoms with Crippen LogP contribution < -0.4 is 10.0 Å². The molecule has 0 bridgehead atoms. The minimum Gasteiger partial charge on any atom is -0.356 e. The van der Waals surface area contributed by atoms with Gasteiger partial charge in [0.05, 0.1) is 4.90 Å². The van der Waals surface area contributed by atoms with E-state index in [9.17, 15) is 13.2 Å². The quantitative estimate of drug-likeness (QED) is 0.377. The molecule has 166 valence electrons. The van der Waals surface area contributed by atoms with E-state index in [1.165, 1.54) is 7.05 Å². The van der Waals surface area contributed by atoms with Crippen LogP contribution in [-0.2, 0) is 34.2 Å². The molecular weight excluding hydrogens is 422 g/mol. The van der Waals surface area contributed by atoms with E-state index in [1.807, 2.05) is 6.26 Å². The van der Waals surface area contributed by atoms with Crippen molar-refractivity contribution in [2.75, 3.05) is 19.8 Å². The molecule has 0 unspecified atom stereocenters. The molecular formula is C20H31N5O3S2. The Kier molecular flexibility index (Phi) is 9.32. The SMILES string of the molecule is CNS(=O)(=O)c1ccc(CCC(=O)NCCCc2nnc(SC)n2CC(C)C)cc1. The fourth-order valence-electron chi connectivity index (χ4n) is 2.98. The third-order valence-electron chi connectivity index (χ3n) is 4.57. The first kappa shape index (κ1) is 24.4. The summed E-state index contributed by atoms with van der Waals surface area (Å²) in [6, 6.07) is 6.58. The zero-order chi connectivity index (χ0) is 22.1. The number of amides is 1. The topological polar surface area (TPSA) is 106 Å². The lowest BCUT2D eigenvalue weighted by molar-refractivity contribution is -0.121. The number of thioether (sulfide) groups is 1. The molecule has 0 aliphatic carbocycles. The Labute approximate surface area is 183 Å². The van der Waals surface area contributed by atoms with Crippen LogP contribution in [0.5, 0.6) is 0 Å². The van der Waals surface area contributed by atoms with E-state index in [0.717, 1.165) is 35.9 Å². The second-order valence-electron chi connectivity index (χ2n) is 7.41. The minimum absolute atomic E-state index is 0.0182. The maximum atomic E-state index is 12.1. The molecule has 0 radical (unpaired) electrons. The lowest BCUT2D eigenvalue weighted by Gasteiger charge is -2.11. The molecule has 0 spiro atoms. The molecule has 1 heterocycles. The molecule has 2 rings (SSSR count). The molecule has 0 atom stereocenters. The molecule has 8 nitrogen and oxygen atoms in total. The molecule has 30 heavy (non-hydrogen) atoms. The zero-order valence-electron chi connectivity index (χ0n) is 18.0. The number of benzene rings is 1. The lowest BCUT2D eigenvalue weighted by atomic mass is 10.1. The summed E-state index contributed by atoms with van der Waals surface area (Å²) in [5, 5.41) is 12.4. The average molecular weight is 454 g/mol. The van der Waals surface area contributed by atoms with Crippen LogP contribution >= 0.6 is 11.8 Å². The Hall–Kier alpha value is -1.91. The van der Waals surface area contributed by atoms with Gasteiger partial charge in [-0.3, -0.25) is 4.79 Å². The van der Waals surface area contributed by atoms with Crippen molar-refractivity contribution in [3.8, 4) is 0 Å². The van der Waals surface area contributed by atoms with E-state index in [1.54, 1.807) is 36.0 Å². The number of rotatable bonds is 12. The van der Waals surface area contributed by atoms with Gasteiger partial charge in [0.15, 0.2) is 5.16 Å². The van der Waals surface area contributed by atoms with Gasteiger partial charge in [-0.1, -0.05) is 37.7 Å². The Morgan fingerprint density at radius 3 is 2.47 bits per heavy atom. The van der Waals surface area contributed by atoms with Crippen LogP contribution in [0.3, 0.4) is 0 Å². The predicted molar refractivity (Wildman–Crippen MR) is 119 cm³/mol. The summed E-state index contributed by atoms with van der Waals surface area (Å²) >= 11 is 1.59. The normalized spacial score (nSPS) is 11.8. The highest BCUT2D eigenvalue weighted by molar-refractivity contribution is 7.98. The maximum Gasteiger partial charge on any atom is 0.240 e. The number of carbonyl (C=O) groups is 1. The Balaban J connectivity index is 1.75. The van der Waals surface area contributed by atoms with Crippen molar-refractivity contribution in [2.45, 2.75) is 56.1 Å². The summed E-state index contributed by atoms with van der Waals surface area (Å²) in [6.45, 7) is 5.81. The smallest absolute Gasteiger partial charge is 0.240 e. The zero-order valence-corrected chi connectivity index (χ0v) is 19.6. The number of sulfonamides is 1. The first-order valence-electron chi connectivity index (χ1n) is 10.0. The van der Waals surface area contributed by atoms with Gasteiger partial charge in [0, 0.05) is 25.9 Å². The van der Waals surface area contributed by atoms with Crippen molar-refractivity contribution in [3.63, 3.8) is 0 Å². The molecule has 2 N–H and O–H groups in total. The van der Waals surface area contributed by atoms with Crippen LogP contribution in [0.4, 0.5) is 0 Å². The maximum absolute atomic E-state index is 12.1. The Morgan fingerprint density at radius 1 is 1.17 bits per heavy atom. The molecule has 2 aromatic rings. The number of aromatic nitrogens is 3. The van der Waals surface area contributed by atoms with Crippen molar-refractivity contribution in [1.82, 2.24) is 24.8 Å². The molecule has 1 amide bonds. The van der Waals surface area contributed by atoms with Gasteiger partial charge in [-0.25, -0.2) is 13.1 Å². The summed E-state index contributed by atoms with van der Waals surface area (Å²) in [7, 11) is -2.06. The highest BCUT2D eigenvalue weighted by Gasteiger charge is 2.13. The van der Waals surface area contributed by atoms with Gasteiger partial charge in [0.25, 0.3) is 0 Å². The minimum atomic E-state index is -3.44. The standard InChI is InChI=1S/C20H31N5O3S2/c1-15(2)14-25-18(23-24-20(25)29-4)6-5-13-22-19(26)12-9-16-7-10-17(11-8-16)30(27,28)21-3/h7-8,10-11,15,21H,5-6,9,12-14H2,1-4H3,(H,22,26). The van der Waals surface area contributed by atoms with Gasteiger partial charge in [-0.2, -0.15) is 0 Å². The van der Waals surface area contributed by atoms with E-state index < -0.39 is 10.0 Å². The summed E-state index contributed by atoms with van der Waals surface area (Å²) in [6.07, 6.45) is 4.48. The molecule has 0 fully saturated rings. The molecule has 0 saturated heterocycles. The molecule has 0 saturated carbocycles. The van der Waals surface area contributed by atoms with Crippen molar-refractivity contribution < 1.29 is 13.2 Å². The third kappa shape index (κ3) is 7.10. The van der Waals surface area contributed by atoms with E-state index in [2.05, 4.69) is 38.7 Å². The lowest BCUT2D eigenvalue weighted by Crippen LogP contribution is -2.25. The monoisotopic (exact) mass is 453 g/mol. The van der Waals surface area contributed by atoms with Crippen molar-refractivity contribution in [2.24, 2.45) is 5.92 Å². The van der Waals surface area contributed by atoms with Gasteiger partial charge >= 0.3 is 0 Å². The number of aryl methyl sites for hydroxylation is 2. The molecule has 1 aromatic carbocycles. The fourth-order valence-corrected chi connectivity index (χ4v) is 4.23. The summed E-state index contributed by atoms with van der Waals surface area (Å²) < 4.78 is 27.9. The second-order valence-corrected chi connectivity index (χ2v) is 10.1. The van der Waals surface area contributed by atoms with Gasteiger partial charge < -0.3 is 9.88 Å². The van der Waals surface area contributed by atoms with Crippen LogP contribution in [0.25, 0.3) is 0 Å². The van der Waals surface area contributed by atoms with Gasteiger partial charge in [0.2, 0.25) is 15.9 Å². The predicted octanol–water partition coefficient (Wildman–Crippen LogP) is 2.25. The second kappa shape index (κ2) is 11.5. The Morgan fingerprint density at radius 2 is 1.87 bits per heavy atom. The summed E-state index contributed by atoms with van der Waals surface area (Å²) in [5.74, 6) is 1.45. The number of carbonyl (C=O) groups excluding carboxylic acids is 1. The highest BCUT2D eigenvalue weighted by atomic mass is 32.2. The molecule has 1 aromatic heterocycles. The van der Waals surface area contributed by atoms with E-state index >= 15 is 0 Å². The van der Waals surface area contributed by atoms with Crippen LogP contribution in [0.2, 0.25) is 0 Å². The van der Waals surface area contributed by atoms with Crippen molar-refractivity contribution in [1.29, 1.82) is 0 Å². The average Bonchev–Trinajstić information content (AvgIpc) is 3.10. The largest absolute Gasteiger partial charge is 0.356 e. The van der Waals surface area contributed by atoms with Crippen molar-refractivity contribution >= 4 is 27.7 Å². The fraction of sp³-hybridized carbons (Fsp3) is 0.550. The number of nitrogens with one attached hydrogen (secondary N) is 2. The van der Waals surface area contributed by atoms with Crippen LogP contribution in [0.1, 0.15) is 38.1 Å². The number of hydrogen-bond donors (Lipinski definition) is 2. The van der Waals surface area contributed by atoms with Crippen LogP contribution in [0.15, 0.2) is 34.3 Å². The van der Waals surface area contributed by atoms with Gasteiger partial charge in [-0.15, -0.1) is 10.2 Å². The summed E-state index contributed by atoms with van der Waals surface area (Å²) in [5.41, 5.74) is 0.923. The molecule has 0 aliphatic heterocycles. The molecule has 10 heteroatoms. The Bertz CT molecular complexity index is 924. The van der Waals surface area contributed by atoms with Gasteiger partial charge in [-0.05, 0) is 49.8 Å². The van der Waals surface area contributed by atoms with E-state index in [4.69, 9.17) is 0 Å². The van der Waals surface area contributed by atoms with Gasteiger partial charge in [0.1, 0.15) is 5.82 Å². The van der Waals surface area contributed by atoms with Crippen molar-refractivity contribution in [3.05, 3.63) is 35.7 Å².